The second-order valence-electron chi connectivity index (χ2n) is 7.60. The molecule has 3 fully saturated rings. The summed E-state index contributed by atoms with van der Waals surface area (Å²) in [6.07, 6.45) is 7.67. The Bertz CT molecular complexity index is 596. The van der Waals surface area contributed by atoms with E-state index in [1.165, 1.54) is 12.8 Å². The fourth-order valence-corrected chi connectivity index (χ4v) is 6.14. The Labute approximate surface area is 144 Å². The highest BCUT2D eigenvalue weighted by atomic mass is 32.2. The monoisotopic (exact) mass is 356 g/mol. The number of likely N-dealkylation sites (tertiary alicyclic amines) is 1. The first-order valence-corrected chi connectivity index (χ1v) is 11.0. The van der Waals surface area contributed by atoms with E-state index < -0.39 is 9.84 Å². The lowest BCUT2D eigenvalue weighted by atomic mass is 10.1. The highest BCUT2D eigenvalue weighted by Crippen LogP contribution is 2.29. The highest BCUT2D eigenvalue weighted by Gasteiger charge is 2.41. The van der Waals surface area contributed by atoms with Crippen molar-refractivity contribution >= 4 is 21.7 Å². The first-order valence-electron chi connectivity index (χ1n) is 9.14. The second-order valence-corrected chi connectivity index (χ2v) is 9.83. The minimum atomic E-state index is -3.01. The van der Waals surface area contributed by atoms with E-state index in [1.54, 1.807) is 11.9 Å². The van der Waals surface area contributed by atoms with Crippen LogP contribution in [0.15, 0.2) is 0 Å². The minimum Gasteiger partial charge on any atom is -0.341 e. The van der Waals surface area contributed by atoms with Crippen LogP contribution >= 0.6 is 0 Å². The topological polar surface area (TPSA) is 74.8 Å². The molecule has 7 heteroatoms. The molecule has 1 saturated carbocycles. The van der Waals surface area contributed by atoms with Crippen molar-refractivity contribution in [3.63, 3.8) is 0 Å². The average molecular weight is 356 g/mol. The van der Waals surface area contributed by atoms with Gasteiger partial charge in [-0.15, -0.1) is 0 Å². The van der Waals surface area contributed by atoms with Crippen LogP contribution in [0.5, 0.6) is 0 Å². The van der Waals surface area contributed by atoms with E-state index in [0.717, 1.165) is 25.7 Å². The number of carbonyl (C=O) groups excluding carboxylic acids is 2. The number of carbonyl (C=O) groups is 2. The van der Waals surface area contributed by atoms with Gasteiger partial charge in [-0.1, -0.05) is 25.7 Å². The van der Waals surface area contributed by atoms with Gasteiger partial charge in [-0.3, -0.25) is 9.59 Å². The van der Waals surface area contributed by atoms with Crippen LogP contribution in [0.2, 0.25) is 0 Å². The zero-order valence-electron chi connectivity index (χ0n) is 14.4. The van der Waals surface area contributed by atoms with Crippen LogP contribution in [0.25, 0.3) is 0 Å². The lowest BCUT2D eigenvalue weighted by Crippen LogP contribution is -2.43. The summed E-state index contributed by atoms with van der Waals surface area (Å²) >= 11 is 0. The number of hydrogen-bond donors (Lipinski definition) is 0. The van der Waals surface area contributed by atoms with Gasteiger partial charge in [0.1, 0.15) is 0 Å². The Morgan fingerprint density at radius 3 is 2.38 bits per heavy atom. The Hall–Kier alpha value is -1.11. The number of amides is 2. The molecule has 2 atom stereocenters. The van der Waals surface area contributed by atoms with Crippen LogP contribution in [0.4, 0.5) is 0 Å². The van der Waals surface area contributed by atoms with Gasteiger partial charge in [0.15, 0.2) is 9.84 Å². The standard InChI is InChI=1S/C17H28N2O4S/c1-18(15-8-9-24(22,23)12-15)17(21)13-10-16(20)19(11-13)14-6-4-2-3-5-7-14/h13-15H,2-12H2,1H3. The summed E-state index contributed by atoms with van der Waals surface area (Å²) in [6.45, 7) is 0.506. The van der Waals surface area contributed by atoms with Gasteiger partial charge in [0.05, 0.1) is 17.4 Å². The van der Waals surface area contributed by atoms with Crippen molar-refractivity contribution in [3.8, 4) is 0 Å². The normalized spacial score (nSPS) is 31.2. The average Bonchev–Trinajstić information content (AvgIpc) is 2.98. The highest BCUT2D eigenvalue weighted by molar-refractivity contribution is 7.91. The lowest BCUT2D eigenvalue weighted by Gasteiger charge is -2.29. The molecule has 6 nitrogen and oxygen atoms in total. The molecule has 3 aliphatic rings. The molecule has 136 valence electrons. The van der Waals surface area contributed by atoms with Gasteiger partial charge in [-0.25, -0.2) is 8.42 Å². The first kappa shape index (κ1) is 17.7. The van der Waals surface area contributed by atoms with Crippen molar-refractivity contribution in [2.24, 2.45) is 5.92 Å². The number of nitrogens with zero attached hydrogens (tertiary/aromatic N) is 2. The third kappa shape index (κ3) is 3.76. The maximum absolute atomic E-state index is 12.7. The van der Waals surface area contributed by atoms with Gasteiger partial charge in [0.2, 0.25) is 11.8 Å². The Morgan fingerprint density at radius 2 is 1.79 bits per heavy atom. The van der Waals surface area contributed by atoms with E-state index in [0.29, 0.717) is 13.0 Å². The maximum atomic E-state index is 12.7. The maximum Gasteiger partial charge on any atom is 0.228 e. The summed E-state index contributed by atoms with van der Waals surface area (Å²) in [5, 5.41) is 0. The molecule has 3 rings (SSSR count). The van der Waals surface area contributed by atoms with E-state index in [4.69, 9.17) is 0 Å². The molecule has 1 aliphatic carbocycles. The van der Waals surface area contributed by atoms with E-state index >= 15 is 0 Å². The molecule has 0 aromatic rings. The molecule has 24 heavy (non-hydrogen) atoms. The summed E-state index contributed by atoms with van der Waals surface area (Å²) in [7, 11) is -1.32. The summed E-state index contributed by atoms with van der Waals surface area (Å²) in [6, 6.07) is 0.0551. The van der Waals surface area contributed by atoms with Gasteiger partial charge < -0.3 is 9.80 Å². The van der Waals surface area contributed by atoms with Gasteiger partial charge in [0, 0.05) is 32.1 Å². The SMILES string of the molecule is CN(C(=O)C1CC(=O)N(C2CCCCCC2)C1)C1CCS(=O)(=O)C1. The zero-order chi connectivity index (χ0) is 17.3. The first-order chi connectivity index (χ1) is 11.4. The van der Waals surface area contributed by atoms with E-state index in [2.05, 4.69) is 0 Å². The molecule has 0 bridgehead atoms. The van der Waals surface area contributed by atoms with Crippen molar-refractivity contribution < 1.29 is 18.0 Å². The largest absolute Gasteiger partial charge is 0.341 e. The summed E-state index contributed by atoms with van der Waals surface area (Å²) in [4.78, 5) is 28.7. The van der Waals surface area contributed by atoms with Crippen LogP contribution < -0.4 is 0 Å². The Morgan fingerprint density at radius 1 is 1.12 bits per heavy atom. The van der Waals surface area contributed by atoms with Crippen LogP contribution in [-0.2, 0) is 19.4 Å². The van der Waals surface area contributed by atoms with Crippen LogP contribution in [-0.4, -0.2) is 67.2 Å². The predicted octanol–water partition coefficient (Wildman–Crippen LogP) is 1.20. The van der Waals surface area contributed by atoms with Crippen molar-refractivity contribution in [1.82, 2.24) is 9.80 Å². The Balaban J connectivity index is 1.61. The van der Waals surface area contributed by atoms with Gasteiger partial charge in [-0.05, 0) is 19.3 Å². The van der Waals surface area contributed by atoms with E-state index in [-0.39, 0.29) is 47.7 Å². The van der Waals surface area contributed by atoms with Crippen molar-refractivity contribution in [2.75, 3.05) is 25.1 Å². The van der Waals surface area contributed by atoms with Crippen LogP contribution in [0.3, 0.4) is 0 Å². The third-order valence-corrected chi connectivity index (χ3v) is 7.63. The minimum absolute atomic E-state index is 0.0578. The number of hydrogen-bond acceptors (Lipinski definition) is 4. The molecule has 2 heterocycles. The van der Waals surface area contributed by atoms with E-state index in [1.807, 2.05) is 4.90 Å². The van der Waals surface area contributed by atoms with Gasteiger partial charge >= 0.3 is 0 Å². The summed E-state index contributed by atoms with van der Waals surface area (Å²) < 4.78 is 23.3. The molecule has 0 N–H and O–H groups in total. The third-order valence-electron chi connectivity index (χ3n) is 5.88. The zero-order valence-corrected chi connectivity index (χ0v) is 15.3. The second kappa shape index (κ2) is 7.02. The van der Waals surface area contributed by atoms with Crippen molar-refractivity contribution in [1.29, 1.82) is 0 Å². The summed E-state index contributed by atoms with van der Waals surface area (Å²) in [5.74, 6) is -0.0710. The predicted molar refractivity (Wildman–Crippen MR) is 91.1 cm³/mol. The summed E-state index contributed by atoms with van der Waals surface area (Å²) in [5.41, 5.74) is 0. The van der Waals surface area contributed by atoms with Crippen molar-refractivity contribution in [3.05, 3.63) is 0 Å². The molecular formula is C17H28N2O4S. The molecule has 2 aliphatic heterocycles. The molecule has 2 unspecified atom stereocenters. The molecule has 0 radical (unpaired) electrons. The number of rotatable bonds is 3. The molecule has 0 spiro atoms. The van der Waals surface area contributed by atoms with Crippen molar-refractivity contribution in [2.45, 2.75) is 63.5 Å². The smallest absolute Gasteiger partial charge is 0.228 e. The fraction of sp³-hybridized carbons (Fsp3) is 0.882. The molecule has 0 aromatic heterocycles. The molecule has 2 saturated heterocycles. The van der Waals surface area contributed by atoms with Gasteiger partial charge in [-0.2, -0.15) is 0 Å². The fourth-order valence-electron chi connectivity index (χ4n) is 4.37. The van der Waals surface area contributed by atoms with Crippen LogP contribution in [0, 0.1) is 5.92 Å². The lowest BCUT2D eigenvalue weighted by molar-refractivity contribution is -0.136. The van der Waals surface area contributed by atoms with Gasteiger partial charge in [0.25, 0.3) is 0 Å². The van der Waals surface area contributed by atoms with E-state index in [9.17, 15) is 18.0 Å². The van der Waals surface area contributed by atoms with Crippen LogP contribution in [0.1, 0.15) is 51.4 Å². The quantitative estimate of drug-likeness (QED) is 0.712. The molecular weight excluding hydrogens is 328 g/mol. The molecule has 0 aromatic carbocycles. The Kier molecular flexibility index (Phi) is 5.18. The number of sulfone groups is 1. The molecule has 2 amide bonds.